The van der Waals surface area contributed by atoms with E-state index in [0.717, 1.165) is 48.4 Å². The third-order valence-corrected chi connectivity index (χ3v) is 4.56. The lowest BCUT2D eigenvalue weighted by Crippen LogP contribution is -2.42. The molecule has 2 heterocycles. The van der Waals surface area contributed by atoms with E-state index in [1.807, 2.05) is 12.1 Å². The van der Waals surface area contributed by atoms with Crippen molar-refractivity contribution in [3.63, 3.8) is 0 Å². The summed E-state index contributed by atoms with van der Waals surface area (Å²) in [5, 5.41) is 0.745. The number of aliphatic imine (C=N–C) groups is 1. The number of ether oxygens (including phenoxy) is 1. The second kappa shape index (κ2) is 7.73. The molecule has 0 aromatic heterocycles. The molecule has 0 bridgehead atoms. The Balaban J connectivity index is 0.00000176. The Hall–Kier alpha value is -0.690. The molecule has 0 atom stereocenters. The maximum atomic E-state index is 6.16. The van der Waals surface area contributed by atoms with Gasteiger partial charge in [-0.25, -0.2) is 4.99 Å². The predicted molar refractivity (Wildman–Crippen MR) is 101 cm³/mol. The minimum Gasteiger partial charge on any atom is -0.493 e. The maximum Gasteiger partial charge on any atom is 0.191 e. The number of guanidine groups is 1. The first-order chi connectivity index (χ1) is 10.1. The highest BCUT2D eigenvalue weighted by Crippen LogP contribution is 2.33. The van der Waals surface area contributed by atoms with Crippen LogP contribution in [0.4, 0.5) is 0 Å². The third kappa shape index (κ3) is 3.98. The van der Waals surface area contributed by atoms with Crippen molar-refractivity contribution >= 4 is 41.5 Å². The zero-order chi connectivity index (χ0) is 14.8. The van der Waals surface area contributed by atoms with Gasteiger partial charge in [0.05, 0.1) is 13.2 Å². The molecule has 2 aliphatic rings. The van der Waals surface area contributed by atoms with Crippen LogP contribution < -0.4 is 10.5 Å². The molecule has 3 rings (SSSR count). The molecular weight excluding hydrogens is 413 g/mol. The quantitative estimate of drug-likeness (QED) is 0.440. The predicted octanol–water partition coefficient (Wildman–Crippen LogP) is 3.44. The number of fused-ring (bicyclic) bond motifs is 1. The van der Waals surface area contributed by atoms with Gasteiger partial charge in [0.2, 0.25) is 0 Å². The van der Waals surface area contributed by atoms with Crippen molar-refractivity contribution in [2.24, 2.45) is 16.6 Å². The molecule has 0 saturated carbocycles. The first-order valence-corrected chi connectivity index (χ1v) is 8.00. The van der Waals surface area contributed by atoms with Gasteiger partial charge in [-0.15, -0.1) is 24.0 Å². The summed E-state index contributed by atoms with van der Waals surface area (Å²) < 4.78 is 5.69. The summed E-state index contributed by atoms with van der Waals surface area (Å²) in [4.78, 5) is 6.72. The van der Waals surface area contributed by atoms with Crippen LogP contribution in [0.3, 0.4) is 0 Å². The van der Waals surface area contributed by atoms with Crippen LogP contribution in [0.25, 0.3) is 0 Å². The molecule has 2 aliphatic heterocycles. The van der Waals surface area contributed by atoms with Crippen LogP contribution >= 0.6 is 35.6 Å². The Morgan fingerprint density at radius 1 is 1.41 bits per heavy atom. The molecule has 1 aromatic rings. The molecule has 0 aliphatic carbocycles. The number of likely N-dealkylation sites (tertiary alicyclic amines) is 1. The number of rotatable bonds is 2. The molecule has 1 fully saturated rings. The van der Waals surface area contributed by atoms with Gasteiger partial charge in [-0.3, -0.25) is 0 Å². The lowest BCUT2D eigenvalue weighted by molar-refractivity contribution is 0.277. The van der Waals surface area contributed by atoms with E-state index in [-0.39, 0.29) is 24.0 Å². The minimum absolute atomic E-state index is 0. The first-order valence-electron chi connectivity index (χ1n) is 7.62. The maximum absolute atomic E-state index is 6.16. The van der Waals surface area contributed by atoms with Gasteiger partial charge in [0, 0.05) is 30.1 Å². The molecular formula is C16H23ClIN3O. The fourth-order valence-electron chi connectivity index (χ4n) is 2.97. The van der Waals surface area contributed by atoms with Gasteiger partial charge in [-0.2, -0.15) is 0 Å². The molecule has 4 nitrogen and oxygen atoms in total. The van der Waals surface area contributed by atoms with Crippen LogP contribution in [-0.2, 0) is 13.0 Å². The zero-order valence-corrected chi connectivity index (χ0v) is 15.9. The Bertz CT molecular complexity index is 557. The summed E-state index contributed by atoms with van der Waals surface area (Å²) in [6.45, 7) is 5.55. The average Bonchev–Trinajstić information content (AvgIpc) is 2.93. The van der Waals surface area contributed by atoms with Gasteiger partial charge in [-0.05, 0) is 36.5 Å². The lowest BCUT2D eigenvalue weighted by atomic mass is 10.00. The SMILES string of the molecule is CC1CCN(C(N)=NCc2cc(Cl)cc3c2OCC3)CC1.I. The number of hydrogen-bond donors (Lipinski definition) is 1. The number of nitrogens with zero attached hydrogens (tertiary/aromatic N) is 2. The van der Waals surface area contributed by atoms with Crippen molar-refractivity contribution in [3.05, 3.63) is 28.3 Å². The second-order valence-electron chi connectivity index (χ2n) is 6.00. The summed E-state index contributed by atoms with van der Waals surface area (Å²) in [7, 11) is 0. The Kier molecular flexibility index (Phi) is 6.20. The standard InChI is InChI=1S/C16H22ClN3O.HI/c1-11-2-5-20(6-3-11)16(18)19-10-13-9-14(17)8-12-4-7-21-15(12)13;/h8-9,11H,2-7,10H2,1H3,(H2,18,19);1H. The topological polar surface area (TPSA) is 50.8 Å². The molecule has 122 valence electrons. The highest BCUT2D eigenvalue weighted by molar-refractivity contribution is 14.0. The van der Waals surface area contributed by atoms with Gasteiger partial charge in [-0.1, -0.05) is 18.5 Å². The average molecular weight is 436 g/mol. The fraction of sp³-hybridized carbons (Fsp3) is 0.562. The van der Waals surface area contributed by atoms with Crippen molar-refractivity contribution < 1.29 is 4.74 Å². The van der Waals surface area contributed by atoms with Gasteiger partial charge < -0.3 is 15.4 Å². The van der Waals surface area contributed by atoms with Crippen LogP contribution in [-0.4, -0.2) is 30.6 Å². The van der Waals surface area contributed by atoms with Crippen LogP contribution in [0.2, 0.25) is 5.02 Å². The fourth-order valence-corrected chi connectivity index (χ4v) is 3.23. The monoisotopic (exact) mass is 435 g/mol. The minimum atomic E-state index is 0. The molecule has 2 N–H and O–H groups in total. The van der Waals surface area contributed by atoms with E-state index >= 15 is 0 Å². The van der Waals surface area contributed by atoms with Crippen LogP contribution in [0.1, 0.15) is 30.9 Å². The highest BCUT2D eigenvalue weighted by Gasteiger charge is 2.19. The van der Waals surface area contributed by atoms with E-state index in [1.54, 1.807) is 0 Å². The van der Waals surface area contributed by atoms with Gasteiger partial charge >= 0.3 is 0 Å². The molecule has 0 spiro atoms. The Labute approximate surface area is 154 Å². The van der Waals surface area contributed by atoms with E-state index in [2.05, 4.69) is 16.8 Å². The summed E-state index contributed by atoms with van der Waals surface area (Å²) in [5.41, 5.74) is 8.34. The van der Waals surface area contributed by atoms with Crippen LogP contribution in [0.5, 0.6) is 5.75 Å². The largest absolute Gasteiger partial charge is 0.493 e. The number of piperidine rings is 1. The number of benzene rings is 1. The lowest BCUT2D eigenvalue weighted by Gasteiger charge is -2.31. The molecule has 0 amide bonds. The number of nitrogens with two attached hydrogens (primary N) is 1. The van der Waals surface area contributed by atoms with E-state index in [4.69, 9.17) is 22.1 Å². The molecule has 1 saturated heterocycles. The van der Waals surface area contributed by atoms with E-state index in [0.29, 0.717) is 12.5 Å². The summed E-state index contributed by atoms with van der Waals surface area (Å²) >= 11 is 6.16. The van der Waals surface area contributed by atoms with E-state index in [9.17, 15) is 0 Å². The van der Waals surface area contributed by atoms with Gasteiger partial charge in [0.15, 0.2) is 5.96 Å². The van der Waals surface area contributed by atoms with Crippen LogP contribution in [0, 0.1) is 5.92 Å². The van der Waals surface area contributed by atoms with Gasteiger partial charge in [0.25, 0.3) is 0 Å². The van der Waals surface area contributed by atoms with Crippen molar-refractivity contribution in [2.75, 3.05) is 19.7 Å². The smallest absolute Gasteiger partial charge is 0.191 e. The van der Waals surface area contributed by atoms with Crippen LogP contribution in [0.15, 0.2) is 17.1 Å². The highest BCUT2D eigenvalue weighted by atomic mass is 127. The third-order valence-electron chi connectivity index (χ3n) is 4.34. The number of hydrogen-bond acceptors (Lipinski definition) is 2. The molecule has 6 heteroatoms. The van der Waals surface area contributed by atoms with Crippen molar-refractivity contribution in [1.82, 2.24) is 4.90 Å². The summed E-state index contributed by atoms with van der Waals surface area (Å²) in [6.07, 6.45) is 3.30. The van der Waals surface area contributed by atoms with Gasteiger partial charge in [0.1, 0.15) is 5.75 Å². The van der Waals surface area contributed by atoms with Crippen molar-refractivity contribution in [2.45, 2.75) is 32.7 Å². The Morgan fingerprint density at radius 3 is 2.86 bits per heavy atom. The van der Waals surface area contributed by atoms with Crippen molar-refractivity contribution in [1.29, 1.82) is 0 Å². The number of halogens is 2. The molecule has 0 radical (unpaired) electrons. The summed E-state index contributed by atoms with van der Waals surface area (Å²) in [6, 6.07) is 3.91. The first kappa shape index (κ1) is 17.7. The van der Waals surface area contributed by atoms with E-state index < -0.39 is 0 Å². The normalized spacial score (nSPS) is 18.6. The molecule has 0 unspecified atom stereocenters. The second-order valence-corrected chi connectivity index (χ2v) is 6.43. The molecule has 22 heavy (non-hydrogen) atoms. The Morgan fingerprint density at radius 2 is 2.14 bits per heavy atom. The van der Waals surface area contributed by atoms with Crippen molar-refractivity contribution in [3.8, 4) is 5.75 Å². The van der Waals surface area contributed by atoms with E-state index in [1.165, 1.54) is 18.4 Å². The zero-order valence-electron chi connectivity index (χ0n) is 12.8. The molecule has 1 aromatic carbocycles. The summed E-state index contributed by atoms with van der Waals surface area (Å²) in [5.74, 6) is 2.37.